The van der Waals surface area contributed by atoms with Crippen LogP contribution in [0.2, 0.25) is 0 Å². The van der Waals surface area contributed by atoms with Crippen LogP contribution in [0.4, 0.5) is 4.39 Å². The number of fused-ring (bicyclic) bond motifs is 1. The lowest BCUT2D eigenvalue weighted by Crippen LogP contribution is -2.19. The van der Waals surface area contributed by atoms with Gasteiger partial charge in [0, 0.05) is 35.4 Å². The van der Waals surface area contributed by atoms with E-state index < -0.39 is 17.2 Å². The minimum atomic E-state index is -1.31. The minimum Gasteiger partial charge on any atom is -0.477 e. The number of aryl methyl sites for hydroxylation is 1. The molecule has 0 unspecified atom stereocenters. The van der Waals surface area contributed by atoms with E-state index in [9.17, 15) is 19.1 Å². The summed E-state index contributed by atoms with van der Waals surface area (Å²) in [6.45, 7) is 2.04. The molecule has 0 atom stereocenters. The van der Waals surface area contributed by atoms with Crippen molar-refractivity contribution in [3.63, 3.8) is 0 Å². The number of carbonyl (C=O) groups is 1. The molecule has 0 saturated heterocycles. The van der Waals surface area contributed by atoms with Gasteiger partial charge in [-0.3, -0.25) is 9.78 Å². The lowest BCUT2D eigenvalue weighted by atomic mass is 10.0. The smallest absolute Gasteiger partial charge is 0.341 e. The van der Waals surface area contributed by atoms with Gasteiger partial charge in [0.2, 0.25) is 5.43 Å². The number of pyridine rings is 2. The first-order chi connectivity index (χ1) is 12.9. The number of hydrogen-bond donors (Lipinski definition) is 2. The first-order valence-electron chi connectivity index (χ1n) is 8.68. The van der Waals surface area contributed by atoms with E-state index >= 15 is 0 Å². The van der Waals surface area contributed by atoms with Gasteiger partial charge >= 0.3 is 5.97 Å². The Hall–Kier alpha value is -3.06. The summed E-state index contributed by atoms with van der Waals surface area (Å²) in [5.41, 5.74) is 7.51. The van der Waals surface area contributed by atoms with Crippen molar-refractivity contribution >= 4 is 16.9 Å². The standard InChI is InChI=1S/C20H18FN3O3/c1-10-4-11(5-12(8-22)23-10)14-7-18-15(6-17(14)21)19(25)16(20(26)27)9-24(18)13-2-3-13/h4-7,9,13H,2-3,8,22H2,1H3,(H,26,27). The van der Waals surface area contributed by atoms with Gasteiger partial charge in [0.15, 0.2) is 0 Å². The quantitative estimate of drug-likeness (QED) is 0.739. The number of rotatable bonds is 4. The Kier molecular flexibility index (Phi) is 4.04. The Bertz CT molecular complexity index is 1150. The average Bonchev–Trinajstić information content (AvgIpc) is 3.46. The fourth-order valence-electron chi connectivity index (χ4n) is 3.40. The van der Waals surface area contributed by atoms with Gasteiger partial charge in [-0.15, -0.1) is 0 Å². The van der Waals surface area contributed by atoms with Crippen molar-refractivity contribution in [2.75, 3.05) is 0 Å². The summed E-state index contributed by atoms with van der Waals surface area (Å²) in [4.78, 5) is 28.3. The van der Waals surface area contributed by atoms with Gasteiger partial charge in [0.1, 0.15) is 11.4 Å². The van der Waals surface area contributed by atoms with Crippen LogP contribution in [0.15, 0.2) is 35.3 Å². The Morgan fingerprint density at radius 2 is 2.07 bits per heavy atom. The SMILES string of the molecule is Cc1cc(-c2cc3c(cc2F)c(=O)c(C(=O)O)cn3C2CC2)cc(CN)n1. The molecule has 0 amide bonds. The van der Waals surface area contributed by atoms with Crippen LogP contribution in [-0.4, -0.2) is 20.6 Å². The third-order valence-corrected chi connectivity index (χ3v) is 4.82. The third-order valence-electron chi connectivity index (χ3n) is 4.82. The second-order valence-electron chi connectivity index (χ2n) is 6.86. The zero-order chi connectivity index (χ0) is 19.3. The Labute approximate surface area is 154 Å². The Balaban J connectivity index is 2.03. The van der Waals surface area contributed by atoms with Crippen LogP contribution in [0.3, 0.4) is 0 Å². The summed E-state index contributed by atoms with van der Waals surface area (Å²) in [7, 11) is 0. The third kappa shape index (κ3) is 3.00. The number of hydrogen-bond acceptors (Lipinski definition) is 4. The van der Waals surface area contributed by atoms with Gasteiger partial charge in [-0.05, 0) is 49.6 Å². The monoisotopic (exact) mass is 367 g/mol. The second kappa shape index (κ2) is 6.28. The molecule has 6 nitrogen and oxygen atoms in total. The number of nitrogens with zero attached hydrogens (tertiary/aromatic N) is 2. The molecule has 0 spiro atoms. The average molecular weight is 367 g/mol. The summed E-state index contributed by atoms with van der Waals surface area (Å²) in [5, 5.41) is 9.39. The first kappa shape index (κ1) is 17.4. The molecule has 1 aliphatic rings. The molecular formula is C20H18FN3O3. The largest absolute Gasteiger partial charge is 0.477 e. The highest BCUT2D eigenvalue weighted by Crippen LogP contribution is 2.38. The Morgan fingerprint density at radius 3 is 2.70 bits per heavy atom. The van der Waals surface area contributed by atoms with Gasteiger partial charge in [-0.2, -0.15) is 0 Å². The predicted octanol–water partition coefficient (Wildman–Crippen LogP) is 3.00. The van der Waals surface area contributed by atoms with Crippen LogP contribution in [0.5, 0.6) is 0 Å². The maximum absolute atomic E-state index is 14.9. The number of aromatic nitrogens is 2. The molecule has 1 fully saturated rings. The number of carboxylic acids is 1. The van der Waals surface area contributed by atoms with Crippen molar-refractivity contribution in [2.45, 2.75) is 32.4 Å². The van der Waals surface area contributed by atoms with Crippen LogP contribution < -0.4 is 11.2 Å². The zero-order valence-corrected chi connectivity index (χ0v) is 14.7. The van der Waals surface area contributed by atoms with Crippen molar-refractivity contribution in [2.24, 2.45) is 5.73 Å². The molecule has 0 bridgehead atoms. The summed E-state index contributed by atoms with van der Waals surface area (Å²) < 4.78 is 16.7. The lowest BCUT2D eigenvalue weighted by molar-refractivity contribution is 0.0695. The fraction of sp³-hybridized carbons (Fsp3) is 0.250. The molecule has 1 aliphatic carbocycles. The van der Waals surface area contributed by atoms with E-state index in [1.165, 1.54) is 6.20 Å². The highest BCUT2D eigenvalue weighted by molar-refractivity contribution is 5.94. The predicted molar refractivity (Wildman–Crippen MR) is 99.3 cm³/mol. The molecule has 1 saturated carbocycles. The van der Waals surface area contributed by atoms with Crippen molar-refractivity contribution in [1.29, 1.82) is 0 Å². The fourth-order valence-corrected chi connectivity index (χ4v) is 3.40. The van der Waals surface area contributed by atoms with Crippen LogP contribution in [-0.2, 0) is 6.54 Å². The molecule has 138 valence electrons. The number of carboxylic acid groups (broad SMARTS) is 1. The molecule has 7 heteroatoms. The van der Waals surface area contributed by atoms with E-state index in [0.29, 0.717) is 28.0 Å². The first-order valence-corrected chi connectivity index (χ1v) is 8.68. The molecule has 3 N–H and O–H groups in total. The van der Waals surface area contributed by atoms with Crippen LogP contribution >= 0.6 is 0 Å². The van der Waals surface area contributed by atoms with Gasteiger partial charge in [0.25, 0.3) is 0 Å². The number of halogens is 1. The Morgan fingerprint density at radius 1 is 1.33 bits per heavy atom. The van der Waals surface area contributed by atoms with E-state index in [-0.39, 0.29) is 23.5 Å². The number of aromatic carboxylic acids is 1. The molecule has 1 aromatic carbocycles. The topological polar surface area (TPSA) is 98.2 Å². The maximum Gasteiger partial charge on any atom is 0.341 e. The molecule has 0 radical (unpaired) electrons. The van der Waals surface area contributed by atoms with Gasteiger partial charge in [0.05, 0.1) is 11.2 Å². The summed E-state index contributed by atoms with van der Waals surface area (Å²) in [6, 6.07) is 6.36. The summed E-state index contributed by atoms with van der Waals surface area (Å²) >= 11 is 0. The van der Waals surface area contributed by atoms with E-state index in [4.69, 9.17) is 5.73 Å². The van der Waals surface area contributed by atoms with E-state index in [0.717, 1.165) is 18.9 Å². The summed E-state index contributed by atoms with van der Waals surface area (Å²) in [6.07, 6.45) is 3.17. The molecule has 2 aromatic heterocycles. The van der Waals surface area contributed by atoms with Crippen molar-refractivity contribution in [1.82, 2.24) is 9.55 Å². The molecule has 4 rings (SSSR count). The van der Waals surface area contributed by atoms with Gasteiger partial charge in [-0.1, -0.05) is 0 Å². The molecule has 27 heavy (non-hydrogen) atoms. The van der Waals surface area contributed by atoms with E-state index in [1.807, 2.05) is 0 Å². The van der Waals surface area contributed by atoms with Gasteiger partial charge in [-0.25, -0.2) is 9.18 Å². The van der Waals surface area contributed by atoms with Crippen molar-refractivity contribution in [3.05, 3.63) is 63.5 Å². The lowest BCUT2D eigenvalue weighted by Gasteiger charge is -2.14. The number of benzene rings is 1. The number of nitrogens with two attached hydrogens (primary N) is 1. The highest BCUT2D eigenvalue weighted by atomic mass is 19.1. The second-order valence-corrected chi connectivity index (χ2v) is 6.86. The van der Waals surface area contributed by atoms with Crippen LogP contribution in [0.25, 0.3) is 22.0 Å². The molecule has 2 heterocycles. The van der Waals surface area contributed by atoms with E-state index in [1.54, 1.807) is 29.7 Å². The van der Waals surface area contributed by atoms with Crippen molar-refractivity contribution < 1.29 is 14.3 Å². The normalized spacial score (nSPS) is 13.9. The van der Waals surface area contributed by atoms with Crippen molar-refractivity contribution in [3.8, 4) is 11.1 Å². The maximum atomic E-state index is 14.9. The molecule has 0 aliphatic heterocycles. The molecular weight excluding hydrogens is 349 g/mol. The highest BCUT2D eigenvalue weighted by Gasteiger charge is 2.27. The van der Waals surface area contributed by atoms with Gasteiger partial charge < -0.3 is 15.4 Å². The van der Waals surface area contributed by atoms with Crippen LogP contribution in [0, 0.1) is 12.7 Å². The molecule has 3 aromatic rings. The zero-order valence-electron chi connectivity index (χ0n) is 14.7. The van der Waals surface area contributed by atoms with E-state index in [2.05, 4.69) is 4.98 Å². The minimum absolute atomic E-state index is 0.0767. The van der Waals surface area contributed by atoms with Crippen LogP contribution in [0.1, 0.15) is 40.6 Å². The summed E-state index contributed by atoms with van der Waals surface area (Å²) in [5.74, 6) is -1.89.